The van der Waals surface area contributed by atoms with Crippen molar-refractivity contribution in [2.45, 2.75) is 31.9 Å². The normalized spacial score (nSPS) is 14.4. The number of amides is 1. The lowest BCUT2D eigenvalue weighted by Gasteiger charge is -2.21. The van der Waals surface area contributed by atoms with Crippen LogP contribution in [0.1, 0.15) is 18.4 Å². The first-order chi connectivity index (χ1) is 9.60. The molecule has 0 heterocycles. The minimum atomic E-state index is -2.85. The predicted octanol–water partition coefficient (Wildman–Crippen LogP) is 1.81. The highest BCUT2D eigenvalue weighted by Crippen LogP contribution is 2.27. The molecule has 6 heteroatoms. The van der Waals surface area contributed by atoms with E-state index in [1.54, 1.807) is 17.0 Å². The molecule has 1 fully saturated rings. The van der Waals surface area contributed by atoms with Crippen LogP contribution in [-0.4, -0.2) is 41.7 Å². The van der Waals surface area contributed by atoms with Crippen LogP contribution in [0.15, 0.2) is 24.3 Å². The zero-order chi connectivity index (χ0) is 14.5. The number of hydrogen-bond acceptors (Lipinski definition) is 3. The second-order valence-electron chi connectivity index (χ2n) is 4.74. The average Bonchev–Trinajstić information content (AvgIpc) is 3.22. The molecule has 20 heavy (non-hydrogen) atoms. The summed E-state index contributed by atoms with van der Waals surface area (Å²) in [4.78, 5) is 13.8. The Labute approximate surface area is 116 Å². The van der Waals surface area contributed by atoms with Crippen molar-refractivity contribution < 1.29 is 23.4 Å². The zero-order valence-electron chi connectivity index (χ0n) is 11.0. The maximum atomic E-state index is 12.1. The molecule has 0 spiro atoms. The van der Waals surface area contributed by atoms with Crippen LogP contribution in [0.3, 0.4) is 0 Å². The molecule has 0 aromatic heterocycles. The van der Waals surface area contributed by atoms with Gasteiger partial charge in [0.2, 0.25) is 5.91 Å². The van der Waals surface area contributed by atoms with Gasteiger partial charge in [0.05, 0.1) is 13.0 Å². The van der Waals surface area contributed by atoms with Gasteiger partial charge in [0.1, 0.15) is 5.75 Å². The summed E-state index contributed by atoms with van der Waals surface area (Å²) in [6, 6.07) is 6.28. The van der Waals surface area contributed by atoms with Crippen molar-refractivity contribution in [2.24, 2.45) is 0 Å². The second kappa shape index (κ2) is 6.65. The van der Waals surface area contributed by atoms with E-state index >= 15 is 0 Å². The summed E-state index contributed by atoms with van der Waals surface area (Å²) in [5, 5.41) is 8.97. The second-order valence-corrected chi connectivity index (χ2v) is 4.74. The number of benzene rings is 1. The molecule has 1 aromatic carbocycles. The number of rotatable bonds is 7. The Bertz CT molecular complexity index is 446. The van der Waals surface area contributed by atoms with Crippen LogP contribution in [0.2, 0.25) is 0 Å². The van der Waals surface area contributed by atoms with Gasteiger partial charge < -0.3 is 14.7 Å². The summed E-state index contributed by atoms with van der Waals surface area (Å²) < 4.78 is 28.3. The predicted molar refractivity (Wildman–Crippen MR) is 68.6 cm³/mol. The Hall–Kier alpha value is -1.69. The molecule has 0 atom stereocenters. The summed E-state index contributed by atoms with van der Waals surface area (Å²) in [6.45, 7) is -2.56. The number of carbonyl (C=O) groups is 1. The van der Waals surface area contributed by atoms with E-state index in [1.165, 1.54) is 12.1 Å². The maximum absolute atomic E-state index is 12.1. The standard InChI is InChI=1S/C14H17F2NO3/c15-14(16)20-12-5-1-10(2-6-12)9-13(19)17(7-8-18)11-3-4-11/h1-2,5-6,11,14,18H,3-4,7-9H2. The highest BCUT2D eigenvalue weighted by atomic mass is 19.3. The summed E-state index contributed by atoms with van der Waals surface area (Å²) in [5.41, 5.74) is 0.736. The smallest absolute Gasteiger partial charge is 0.387 e. The van der Waals surface area contributed by atoms with Crippen LogP contribution in [0.5, 0.6) is 5.75 Å². The molecule has 1 N–H and O–H groups in total. The SMILES string of the molecule is O=C(Cc1ccc(OC(F)F)cc1)N(CCO)C1CC1. The van der Waals surface area contributed by atoms with Gasteiger partial charge >= 0.3 is 6.61 Å². The lowest BCUT2D eigenvalue weighted by atomic mass is 10.1. The highest BCUT2D eigenvalue weighted by molar-refractivity contribution is 5.79. The molecule has 0 saturated heterocycles. The van der Waals surface area contributed by atoms with E-state index in [4.69, 9.17) is 5.11 Å². The fraction of sp³-hybridized carbons (Fsp3) is 0.500. The molecule has 1 amide bonds. The van der Waals surface area contributed by atoms with Crippen LogP contribution in [0.4, 0.5) is 8.78 Å². The number of hydrogen-bond donors (Lipinski definition) is 1. The molecule has 0 radical (unpaired) electrons. The van der Waals surface area contributed by atoms with E-state index in [-0.39, 0.29) is 30.7 Å². The van der Waals surface area contributed by atoms with Gasteiger partial charge in [-0.2, -0.15) is 8.78 Å². The Morgan fingerprint density at radius 3 is 2.50 bits per heavy atom. The molecule has 4 nitrogen and oxygen atoms in total. The van der Waals surface area contributed by atoms with Gasteiger partial charge in [-0.3, -0.25) is 4.79 Å². The third-order valence-electron chi connectivity index (χ3n) is 3.15. The van der Waals surface area contributed by atoms with Gasteiger partial charge in [-0.15, -0.1) is 0 Å². The number of aliphatic hydroxyl groups excluding tert-OH is 1. The Balaban J connectivity index is 1.93. The molecular formula is C14H17F2NO3. The average molecular weight is 285 g/mol. The Morgan fingerprint density at radius 2 is 2.00 bits per heavy atom. The minimum Gasteiger partial charge on any atom is -0.435 e. The summed E-state index contributed by atoms with van der Waals surface area (Å²) in [6.07, 6.45) is 2.16. The lowest BCUT2D eigenvalue weighted by molar-refractivity contribution is -0.131. The molecule has 0 unspecified atom stereocenters. The van der Waals surface area contributed by atoms with Gasteiger partial charge in [0, 0.05) is 12.6 Å². The molecule has 0 aliphatic heterocycles. The fourth-order valence-corrected chi connectivity index (χ4v) is 2.07. The van der Waals surface area contributed by atoms with Crippen molar-refractivity contribution >= 4 is 5.91 Å². The quantitative estimate of drug-likeness (QED) is 0.831. The van der Waals surface area contributed by atoms with Gasteiger partial charge in [-0.25, -0.2) is 0 Å². The van der Waals surface area contributed by atoms with Crippen molar-refractivity contribution in [2.75, 3.05) is 13.2 Å². The molecular weight excluding hydrogens is 268 g/mol. The van der Waals surface area contributed by atoms with E-state index in [2.05, 4.69) is 4.74 Å². The zero-order valence-corrected chi connectivity index (χ0v) is 11.0. The van der Waals surface area contributed by atoms with Gasteiger partial charge in [0.25, 0.3) is 0 Å². The molecule has 2 rings (SSSR count). The van der Waals surface area contributed by atoms with Crippen molar-refractivity contribution in [3.63, 3.8) is 0 Å². The van der Waals surface area contributed by atoms with Gasteiger partial charge in [-0.05, 0) is 30.5 Å². The first-order valence-corrected chi connectivity index (χ1v) is 6.54. The molecule has 0 bridgehead atoms. The van der Waals surface area contributed by atoms with Crippen LogP contribution in [-0.2, 0) is 11.2 Å². The van der Waals surface area contributed by atoms with E-state index in [0.29, 0.717) is 6.54 Å². The van der Waals surface area contributed by atoms with Gasteiger partial charge in [-0.1, -0.05) is 12.1 Å². The first-order valence-electron chi connectivity index (χ1n) is 6.54. The Kier molecular flexibility index (Phi) is 4.89. The molecule has 110 valence electrons. The highest BCUT2D eigenvalue weighted by Gasteiger charge is 2.31. The van der Waals surface area contributed by atoms with Crippen LogP contribution in [0, 0.1) is 0 Å². The topological polar surface area (TPSA) is 49.8 Å². The van der Waals surface area contributed by atoms with Crippen molar-refractivity contribution in [3.8, 4) is 5.75 Å². The molecule has 1 aliphatic carbocycles. The van der Waals surface area contributed by atoms with Crippen molar-refractivity contribution in [1.29, 1.82) is 0 Å². The number of ether oxygens (including phenoxy) is 1. The van der Waals surface area contributed by atoms with E-state index < -0.39 is 6.61 Å². The van der Waals surface area contributed by atoms with Gasteiger partial charge in [0.15, 0.2) is 0 Å². The largest absolute Gasteiger partial charge is 0.435 e. The number of nitrogens with zero attached hydrogens (tertiary/aromatic N) is 1. The van der Waals surface area contributed by atoms with E-state index in [0.717, 1.165) is 18.4 Å². The summed E-state index contributed by atoms with van der Waals surface area (Å²) in [5.74, 6) is 0.0229. The van der Waals surface area contributed by atoms with Crippen molar-refractivity contribution in [3.05, 3.63) is 29.8 Å². The number of carbonyl (C=O) groups excluding carboxylic acids is 1. The summed E-state index contributed by atoms with van der Waals surface area (Å²) >= 11 is 0. The number of alkyl halides is 2. The fourth-order valence-electron chi connectivity index (χ4n) is 2.07. The molecule has 1 aromatic rings. The lowest BCUT2D eigenvalue weighted by Crippen LogP contribution is -2.36. The maximum Gasteiger partial charge on any atom is 0.387 e. The molecule has 1 aliphatic rings. The van der Waals surface area contributed by atoms with E-state index in [1.807, 2.05) is 0 Å². The number of halogens is 2. The van der Waals surface area contributed by atoms with Crippen LogP contribution >= 0.6 is 0 Å². The minimum absolute atomic E-state index is 0.0518. The molecule has 1 saturated carbocycles. The Morgan fingerprint density at radius 1 is 1.35 bits per heavy atom. The summed E-state index contributed by atoms with van der Waals surface area (Å²) in [7, 11) is 0. The number of aliphatic hydroxyl groups is 1. The third-order valence-corrected chi connectivity index (χ3v) is 3.15. The van der Waals surface area contributed by atoms with Crippen LogP contribution < -0.4 is 4.74 Å². The van der Waals surface area contributed by atoms with Crippen molar-refractivity contribution in [1.82, 2.24) is 4.90 Å². The van der Waals surface area contributed by atoms with E-state index in [9.17, 15) is 13.6 Å². The monoisotopic (exact) mass is 285 g/mol. The third kappa shape index (κ3) is 4.16. The first kappa shape index (κ1) is 14.7. The van der Waals surface area contributed by atoms with Crippen LogP contribution in [0.25, 0.3) is 0 Å².